The van der Waals surface area contributed by atoms with Crippen LogP contribution in [0.5, 0.6) is 0 Å². The van der Waals surface area contributed by atoms with E-state index in [1.54, 1.807) is 11.8 Å². The lowest BCUT2D eigenvalue weighted by atomic mass is 9.91. The maximum atomic E-state index is 4.65. The Kier molecular flexibility index (Phi) is 2.67. The number of aromatic nitrogens is 2. The second-order valence-corrected chi connectivity index (χ2v) is 6.30. The topological polar surface area (TPSA) is 17.8 Å². The number of allylic oxidation sites excluding steroid dienone is 1. The molecule has 0 saturated heterocycles. The van der Waals surface area contributed by atoms with Gasteiger partial charge in [0.1, 0.15) is 0 Å². The molecule has 82 valence electrons. The van der Waals surface area contributed by atoms with Crippen LogP contribution in [0.1, 0.15) is 33.4 Å². The Morgan fingerprint density at radius 3 is 2.87 bits per heavy atom. The molecule has 2 nitrogen and oxygen atoms in total. The highest BCUT2D eigenvalue weighted by molar-refractivity contribution is 8.02. The molecule has 0 radical (unpaired) electrons. The van der Waals surface area contributed by atoms with Gasteiger partial charge in [-0.05, 0) is 29.7 Å². The summed E-state index contributed by atoms with van der Waals surface area (Å²) in [5, 5.41) is 3.34. The average molecular weight is 222 g/mol. The Morgan fingerprint density at radius 1 is 1.47 bits per heavy atom. The molecule has 0 unspecified atom stereocenters. The Bertz CT molecular complexity index is 396. The van der Waals surface area contributed by atoms with E-state index in [9.17, 15) is 0 Å². The fourth-order valence-corrected chi connectivity index (χ4v) is 2.55. The maximum Gasteiger partial charge on any atom is 0.172 e. The van der Waals surface area contributed by atoms with Crippen LogP contribution in [-0.2, 0) is 13.0 Å². The lowest BCUT2D eigenvalue weighted by Gasteiger charge is -2.15. The molecule has 0 spiro atoms. The van der Waals surface area contributed by atoms with Gasteiger partial charge in [-0.3, -0.25) is 0 Å². The molecule has 0 aliphatic carbocycles. The van der Waals surface area contributed by atoms with Gasteiger partial charge in [0.15, 0.2) is 5.16 Å². The fourth-order valence-electron chi connectivity index (χ4n) is 1.75. The zero-order valence-corrected chi connectivity index (χ0v) is 10.7. The van der Waals surface area contributed by atoms with Crippen molar-refractivity contribution in [3.63, 3.8) is 0 Å². The highest BCUT2D eigenvalue weighted by Crippen LogP contribution is 2.28. The second-order valence-electron chi connectivity index (χ2n) is 5.46. The second kappa shape index (κ2) is 3.71. The number of hydrogen-bond acceptors (Lipinski definition) is 2. The molecule has 1 aliphatic heterocycles. The number of hydrogen-bond donors (Lipinski definition) is 0. The molecule has 2 heterocycles. The van der Waals surface area contributed by atoms with Crippen LogP contribution in [0.4, 0.5) is 0 Å². The number of thioether (sulfide) groups is 1. The van der Waals surface area contributed by atoms with Gasteiger partial charge in [0.2, 0.25) is 0 Å². The van der Waals surface area contributed by atoms with Crippen LogP contribution < -0.4 is 0 Å². The number of fused-ring (bicyclic) bond motifs is 1. The molecule has 15 heavy (non-hydrogen) atoms. The summed E-state index contributed by atoms with van der Waals surface area (Å²) in [4.78, 5) is 4.65. The van der Waals surface area contributed by atoms with E-state index in [0.717, 1.165) is 18.1 Å². The first kappa shape index (κ1) is 10.8. The Labute approximate surface area is 95.8 Å². The van der Waals surface area contributed by atoms with Crippen LogP contribution in [-0.4, -0.2) is 9.55 Å². The third kappa shape index (κ3) is 2.65. The maximum absolute atomic E-state index is 4.65. The van der Waals surface area contributed by atoms with Crippen molar-refractivity contribution in [3.8, 4) is 0 Å². The van der Waals surface area contributed by atoms with E-state index in [1.807, 2.05) is 0 Å². The van der Waals surface area contributed by atoms with E-state index in [-0.39, 0.29) is 0 Å². The van der Waals surface area contributed by atoms with E-state index in [4.69, 9.17) is 0 Å². The summed E-state index contributed by atoms with van der Waals surface area (Å²) in [6.45, 7) is 9.92. The van der Waals surface area contributed by atoms with Crippen molar-refractivity contribution in [2.75, 3.05) is 0 Å². The minimum atomic E-state index is 0.317. The lowest BCUT2D eigenvalue weighted by Crippen LogP contribution is -2.09. The molecular weight excluding hydrogens is 204 g/mol. The standard InChI is InChI=1S/C12H18N2S/c1-9-6-14-7-10(5-12(2,3)4)13-11(14)15-8-9/h7-8H,5-6H2,1-4H3. The predicted molar refractivity (Wildman–Crippen MR) is 65.0 cm³/mol. The quantitative estimate of drug-likeness (QED) is 0.724. The molecule has 0 N–H and O–H groups in total. The van der Waals surface area contributed by atoms with E-state index >= 15 is 0 Å². The molecule has 0 saturated carbocycles. The fraction of sp³-hybridized carbons (Fsp3) is 0.583. The van der Waals surface area contributed by atoms with Crippen molar-refractivity contribution >= 4 is 11.8 Å². The van der Waals surface area contributed by atoms with Gasteiger partial charge < -0.3 is 4.57 Å². The Hall–Kier alpha value is -0.700. The van der Waals surface area contributed by atoms with Crippen molar-refractivity contribution in [3.05, 3.63) is 22.9 Å². The van der Waals surface area contributed by atoms with Crippen LogP contribution in [0, 0.1) is 5.41 Å². The van der Waals surface area contributed by atoms with Crippen LogP contribution in [0.3, 0.4) is 0 Å². The van der Waals surface area contributed by atoms with Gasteiger partial charge in [-0.1, -0.05) is 32.5 Å². The molecule has 0 atom stereocenters. The van der Waals surface area contributed by atoms with Gasteiger partial charge >= 0.3 is 0 Å². The molecule has 3 heteroatoms. The number of rotatable bonds is 1. The van der Waals surface area contributed by atoms with E-state index in [2.05, 4.69) is 48.9 Å². The summed E-state index contributed by atoms with van der Waals surface area (Å²) in [5.41, 5.74) is 2.94. The first-order valence-corrected chi connectivity index (χ1v) is 6.20. The Balaban J connectivity index is 2.18. The third-order valence-electron chi connectivity index (χ3n) is 2.29. The average Bonchev–Trinajstić information content (AvgIpc) is 2.42. The smallest absolute Gasteiger partial charge is 0.172 e. The highest BCUT2D eigenvalue weighted by Gasteiger charge is 2.17. The van der Waals surface area contributed by atoms with E-state index in [1.165, 1.54) is 11.3 Å². The molecule has 1 aromatic rings. The Morgan fingerprint density at radius 2 is 2.20 bits per heavy atom. The highest BCUT2D eigenvalue weighted by atomic mass is 32.2. The first-order chi connectivity index (χ1) is 6.94. The zero-order chi connectivity index (χ0) is 11.1. The van der Waals surface area contributed by atoms with Crippen molar-refractivity contribution in [1.82, 2.24) is 9.55 Å². The SMILES string of the molecule is CC1=CSc2nc(CC(C)(C)C)cn2C1. The summed E-state index contributed by atoms with van der Waals surface area (Å²) in [7, 11) is 0. The van der Waals surface area contributed by atoms with E-state index < -0.39 is 0 Å². The van der Waals surface area contributed by atoms with Gasteiger partial charge in [0, 0.05) is 12.7 Å². The van der Waals surface area contributed by atoms with Gasteiger partial charge in [-0.15, -0.1) is 0 Å². The monoisotopic (exact) mass is 222 g/mol. The minimum absolute atomic E-state index is 0.317. The van der Waals surface area contributed by atoms with Crippen molar-refractivity contribution in [1.29, 1.82) is 0 Å². The van der Waals surface area contributed by atoms with Crippen LogP contribution in [0.25, 0.3) is 0 Å². The summed E-state index contributed by atoms with van der Waals surface area (Å²) in [5.74, 6) is 0. The normalized spacial score (nSPS) is 16.1. The van der Waals surface area contributed by atoms with Crippen molar-refractivity contribution < 1.29 is 0 Å². The van der Waals surface area contributed by atoms with Gasteiger partial charge in [0.05, 0.1) is 5.69 Å². The minimum Gasteiger partial charge on any atom is -0.321 e. The predicted octanol–water partition coefficient (Wildman–Crippen LogP) is 3.48. The third-order valence-corrected chi connectivity index (χ3v) is 3.34. The summed E-state index contributed by atoms with van der Waals surface area (Å²) in [6, 6.07) is 0. The lowest BCUT2D eigenvalue weighted by molar-refractivity contribution is 0.406. The van der Waals surface area contributed by atoms with E-state index in [0.29, 0.717) is 5.41 Å². The molecule has 2 rings (SSSR count). The zero-order valence-electron chi connectivity index (χ0n) is 9.87. The largest absolute Gasteiger partial charge is 0.321 e. The van der Waals surface area contributed by atoms with Crippen molar-refractivity contribution in [2.24, 2.45) is 5.41 Å². The molecule has 0 aromatic carbocycles. The van der Waals surface area contributed by atoms with Crippen LogP contribution in [0.15, 0.2) is 22.3 Å². The van der Waals surface area contributed by atoms with Crippen molar-refractivity contribution in [2.45, 2.75) is 45.8 Å². The van der Waals surface area contributed by atoms with Gasteiger partial charge in [-0.2, -0.15) is 0 Å². The number of imidazole rings is 1. The molecule has 0 bridgehead atoms. The summed E-state index contributed by atoms with van der Waals surface area (Å²) < 4.78 is 2.25. The molecule has 0 amide bonds. The summed E-state index contributed by atoms with van der Waals surface area (Å²) >= 11 is 1.73. The molecule has 1 aliphatic rings. The van der Waals surface area contributed by atoms with Gasteiger partial charge in [-0.25, -0.2) is 4.98 Å². The van der Waals surface area contributed by atoms with Crippen LogP contribution >= 0.6 is 11.8 Å². The molecule has 0 fully saturated rings. The van der Waals surface area contributed by atoms with Crippen LogP contribution in [0.2, 0.25) is 0 Å². The molecular formula is C12H18N2S. The first-order valence-electron chi connectivity index (χ1n) is 5.32. The molecule has 1 aromatic heterocycles. The summed E-state index contributed by atoms with van der Waals surface area (Å²) in [6.07, 6.45) is 3.25. The van der Waals surface area contributed by atoms with Gasteiger partial charge in [0.25, 0.3) is 0 Å². The number of nitrogens with zero attached hydrogens (tertiary/aromatic N) is 2.